The molecule has 0 aliphatic carbocycles. The van der Waals surface area contributed by atoms with Crippen LogP contribution >= 0.6 is 0 Å². The van der Waals surface area contributed by atoms with Gasteiger partial charge in [-0.2, -0.15) is 0 Å². The summed E-state index contributed by atoms with van der Waals surface area (Å²) in [5.41, 5.74) is 0.777. The zero-order chi connectivity index (χ0) is 10.1. The highest BCUT2D eigenvalue weighted by Gasteiger charge is 2.08. The number of methoxy groups -OCH3 is 1. The fourth-order valence-electron chi connectivity index (χ4n) is 1.25. The number of carbonyl (C=O) groups excluding carboxylic acids is 1. The van der Waals surface area contributed by atoms with Gasteiger partial charge in [0.15, 0.2) is 0 Å². The standard InChI is InChI=1S/C9H8N2O3/c1-14-9(13)6-4-7-10-8(12)2-3-11(7)5-6/h2-5H,1H3,(H,10,12). The molecule has 0 aliphatic rings. The van der Waals surface area contributed by atoms with Crippen molar-refractivity contribution >= 4 is 11.6 Å². The third kappa shape index (κ3) is 1.28. The maximum absolute atomic E-state index is 11.1. The molecule has 0 unspecified atom stereocenters. The second kappa shape index (κ2) is 3.02. The van der Waals surface area contributed by atoms with E-state index in [1.165, 1.54) is 13.2 Å². The van der Waals surface area contributed by atoms with Gasteiger partial charge in [0.25, 0.3) is 5.56 Å². The molecular weight excluding hydrogens is 184 g/mol. The molecule has 0 spiro atoms. The fraction of sp³-hybridized carbons (Fsp3) is 0.111. The number of H-pyrrole nitrogens is 1. The van der Waals surface area contributed by atoms with Gasteiger partial charge in [0, 0.05) is 18.5 Å². The molecule has 72 valence electrons. The van der Waals surface area contributed by atoms with Crippen LogP contribution in [-0.4, -0.2) is 22.5 Å². The van der Waals surface area contributed by atoms with E-state index in [1.807, 2.05) is 0 Å². The van der Waals surface area contributed by atoms with Crippen molar-refractivity contribution in [1.29, 1.82) is 0 Å². The number of fused-ring (bicyclic) bond motifs is 1. The molecule has 5 nitrogen and oxygen atoms in total. The minimum atomic E-state index is -0.422. The molecule has 14 heavy (non-hydrogen) atoms. The smallest absolute Gasteiger partial charge is 0.339 e. The summed E-state index contributed by atoms with van der Waals surface area (Å²) >= 11 is 0. The molecule has 0 saturated heterocycles. The molecule has 5 heteroatoms. The average Bonchev–Trinajstić information content (AvgIpc) is 2.59. The van der Waals surface area contributed by atoms with Crippen LogP contribution < -0.4 is 5.56 Å². The van der Waals surface area contributed by atoms with Crippen molar-refractivity contribution in [3.63, 3.8) is 0 Å². The minimum absolute atomic E-state index is 0.202. The van der Waals surface area contributed by atoms with Crippen molar-refractivity contribution in [3.8, 4) is 0 Å². The number of hydrogen-bond donors (Lipinski definition) is 1. The Morgan fingerprint density at radius 3 is 3.07 bits per heavy atom. The molecule has 0 saturated carbocycles. The van der Waals surface area contributed by atoms with E-state index in [1.54, 1.807) is 22.9 Å². The molecule has 2 rings (SSSR count). The number of ether oxygens (including phenoxy) is 1. The summed E-state index contributed by atoms with van der Waals surface area (Å²) in [5, 5.41) is 0. The summed E-state index contributed by atoms with van der Waals surface area (Å²) in [6, 6.07) is 2.95. The van der Waals surface area contributed by atoms with Crippen molar-refractivity contribution in [2.24, 2.45) is 0 Å². The van der Waals surface area contributed by atoms with Crippen molar-refractivity contribution in [1.82, 2.24) is 9.38 Å². The summed E-state index contributed by atoms with van der Waals surface area (Å²) in [5.74, 6) is -0.422. The molecule has 0 bridgehead atoms. The summed E-state index contributed by atoms with van der Waals surface area (Å²) < 4.78 is 6.20. The fourth-order valence-corrected chi connectivity index (χ4v) is 1.25. The number of nitrogens with one attached hydrogen (secondary N) is 1. The van der Waals surface area contributed by atoms with Crippen molar-refractivity contribution in [3.05, 3.63) is 40.4 Å². The molecule has 1 N–H and O–H groups in total. The lowest BCUT2D eigenvalue weighted by Gasteiger charge is -1.91. The lowest BCUT2D eigenvalue weighted by Crippen LogP contribution is -2.04. The molecule has 0 aromatic carbocycles. The van der Waals surface area contributed by atoms with Crippen molar-refractivity contribution < 1.29 is 9.53 Å². The Bertz CT molecular complexity index is 538. The van der Waals surface area contributed by atoms with E-state index < -0.39 is 5.97 Å². The Morgan fingerprint density at radius 2 is 2.36 bits per heavy atom. The van der Waals surface area contributed by atoms with Crippen LogP contribution in [0.5, 0.6) is 0 Å². The number of rotatable bonds is 1. The first kappa shape index (κ1) is 8.55. The van der Waals surface area contributed by atoms with Gasteiger partial charge in [-0.3, -0.25) is 4.79 Å². The number of carbonyl (C=O) groups is 1. The molecule has 0 amide bonds. The number of esters is 1. The lowest BCUT2D eigenvalue weighted by atomic mass is 10.3. The lowest BCUT2D eigenvalue weighted by molar-refractivity contribution is 0.0601. The summed E-state index contributed by atoms with van der Waals surface area (Å²) in [4.78, 5) is 24.7. The highest BCUT2D eigenvalue weighted by molar-refractivity contribution is 5.90. The minimum Gasteiger partial charge on any atom is -0.465 e. The van der Waals surface area contributed by atoms with Crippen LogP contribution in [-0.2, 0) is 4.74 Å². The molecule has 2 aromatic rings. The Morgan fingerprint density at radius 1 is 1.57 bits per heavy atom. The van der Waals surface area contributed by atoms with Gasteiger partial charge in [-0.25, -0.2) is 4.79 Å². The van der Waals surface area contributed by atoms with E-state index in [0.717, 1.165) is 0 Å². The zero-order valence-corrected chi connectivity index (χ0v) is 7.48. The largest absolute Gasteiger partial charge is 0.465 e. The van der Waals surface area contributed by atoms with E-state index in [-0.39, 0.29) is 5.56 Å². The highest BCUT2D eigenvalue weighted by Crippen LogP contribution is 2.06. The Balaban J connectivity index is 2.62. The van der Waals surface area contributed by atoms with Gasteiger partial charge in [0.1, 0.15) is 5.65 Å². The second-order valence-electron chi connectivity index (χ2n) is 2.82. The quantitative estimate of drug-likeness (QED) is 0.666. The van der Waals surface area contributed by atoms with E-state index in [4.69, 9.17) is 0 Å². The maximum atomic E-state index is 11.1. The van der Waals surface area contributed by atoms with Crippen LogP contribution in [0.25, 0.3) is 5.65 Å². The van der Waals surface area contributed by atoms with Gasteiger partial charge in [-0.1, -0.05) is 0 Å². The van der Waals surface area contributed by atoms with Gasteiger partial charge in [-0.05, 0) is 6.07 Å². The molecule has 2 aromatic heterocycles. The van der Waals surface area contributed by atoms with Crippen LogP contribution in [0.1, 0.15) is 10.4 Å². The first-order valence-electron chi connectivity index (χ1n) is 4.00. The van der Waals surface area contributed by atoms with Gasteiger partial charge in [0.05, 0.1) is 12.7 Å². The summed E-state index contributed by atoms with van der Waals surface area (Å²) in [6.45, 7) is 0. The topological polar surface area (TPSA) is 63.6 Å². The van der Waals surface area contributed by atoms with Gasteiger partial charge in [0.2, 0.25) is 0 Å². The van der Waals surface area contributed by atoms with Crippen LogP contribution in [0.15, 0.2) is 29.3 Å². The molecule has 0 fully saturated rings. The third-order valence-corrected chi connectivity index (χ3v) is 1.91. The van der Waals surface area contributed by atoms with Crippen LogP contribution in [0.3, 0.4) is 0 Å². The average molecular weight is 192 g/mol. The number of nitrogens with zero attached hydrogens (tertiary/aromatic N) is 1. The maximum Gasteiger partial charge on any atom is 0.339 e. The van der Waals surface area contributed by atoms with Gasteiger partial charge in [-0.15, -0.1) is 0 Å². The Kier molecular flexibility index (Phi) is 1.85. The monoisotopic (exact) mass is 192 g/mol. The molecule has 0 radical (unpaired) electrons. The second-order valence-corrected chi connectivity index (χ2v) is 2.82. The SMILES string of the molecule is COC(=O)c1cc2[nH]c(=O)ccn2c1. The van der Waals surface area contributed by atoms with Crippen molar-refractivity contribution in [2.75, 3.05) is 7.11 Å². The highest BCUT2D eigenvalue weighted by atomic mass is 16.5. The van der Waals surface area contributed by atoms with E-state index in [0.29, 0.717) is 11.2 Å². The number of aromatic amines is 1. The summed E-state index contributed by atoms with van der Waals surface area (Å²) in [7, 11) is 1.31. The van der Waals surface area contributed by atoms with E-state index >= 15 is 0 Å². The first-order valence-corrected chi connectivity index (χ1v) is 4.00. The van der Waals surface area contributed by atoms with E-state index in [2.05, 4.69) is 9.72 Å². The van der Waals surface area contributed by atoms with E-state index in [9.17, 15) is 9.59 Å². The number of hydrogen-bond acceptors (Lipinski definition) is 3. The Hall–Kier alpha value is -2.04. The molecular formula is C9H8N2O3. The normalized spacial score (nSPS) is 10.4. The van der Waals surface area contributed by atoms with Gasteiger partial charge >= 0.3 is 5.97 Å². The van der Waals surface area contributed by atoms with Crippen LogP contribution in [0.2, 0.25) is 0 Å². The third-order valence-electron chi connectivity index (χ3n) is 1.91. The van der Waals surface area contributed by atoms with Crippen LogP contribution in [0.4, 0.5) is 0 Å². The predicted molar refractivity (Wildman–Crippen MR) is 49.4 cm³/mol. The molecule has 2 heterocycles. The predicted octanol–water partition coefficient (Wildman–Crippen LogP) is 0.414. The summed E-state index contributed by atoms with van der Waals surface area (Å²) in [6.07, 6.45) is 3.18. The first-order chi connectivity index (χ1) is 6.70. The Labute approximate surface area is 78.9 Å². The molecule has 0 aliphatic heterocycles. The number of aromatic nitrogens is 2. The van der Waals surface area contributed by atoms with Gasteiger partial charge < -0.3 is 14.1 Å². The molecule has 0 atom stereocenters. The van der Waals surface area contributed by atoms with Crippen LogP contribution in [0, 0.1) is 0 Å². The van der Waals surface area contributed by atoms with Crippen molar-refractivity contribution in [2.45, 2.75) is 0 Å². The zero-order valence-electron chi connectivity index (χ0n) is 7.48.